The fourth-order valence-corrected chi connectivity index (χ4v) is 1.71. The molecular formula is C10H10IN3. The van der Waals surface area contributed by atoms with E-state index < -0.39 is 0 Å². The quantitative estimate of drug-likeness (QED) is 0.796. The van der Waals surface area contributed by atoms with E-state index in [1.165, 1.54) is 11.1 Å². The Hall–Kier alpha value is -0.910. The molecule has 0 aliphatic heterocycles. The molecule has 0 aliphatic carbocycles. The second-order valence-corrected chi connectivity index (χ2v) is 4.10. The Balaban J connectivity index is 2.23. The van der Waals surface area contributed by atoms with Crippen LogP contribution in [0, 0.1) is 10.8 Å². The third kappa shape index (κ3) is 2.12. The third-order valence-electron chi connectivity index (χ3n) is 2.10. The Morgan fingerprint density at radius 3 is 2.79 bits per heavy atom. The standard InChI is InChI=1S/C10H10IN3/c1-8-4-2-3-5-9(8)6-14-7-12-10(11)13-14/h2-5,7H,6H2,1H3. The molecule has 1 heterocycles. The summed E-state index contributed by atoms with van der Waals surface area (Å²) in [5.74, 6) is 0. The molecule has 0 radical (unpaired) electrons. The summed E-state index contributed by atoms with van der Waals surface area (Å²) < 4.78 is 2.64. The van der Waals surface area contributed by atoms with E-state index >= 15 is 0 Å². The van der Waals surface area contributed by atoms with Crippen molar-refractivity contribution in [2.45, 2.75) is 13.5 Å². The average Bonchev–Trinajstić information content (AvgIpc) is 2.56. The zero-order valence-electron chi connectivity index (χ0n) is 7.81. The minimum Gasteiger partial charge on any atom is -0.247 e. The van der Waals surface area contributed by atoms with Crippen molar-refractivity contribution in [1.29, 1.82) is 0 Å². The van der Waals surface area contributed by atoms with Gasteiger partial charge >= 0.3 is 0 Å². The molecule has 0 N–H and O–H groups in total. The van der Waals surface area contributed by atoms with E-state index in [9.17, 15) is 0 Å². The van der Waals surface area contributed by atoms with Crippen molar-refractivity contribution in [2.24, 2.45) is 0 Å². The van der Waals surface area contributed by atoms with Crippen LogP contribution in [0.1, 0.15) is 11.1 Å². The van der Waals surface area contributed by atoms with Crippen molar-refractivity contribution in [2.75, 3.05) is 0 Å². The van der Waals surface area contributed by atoms with Crippen LogP contribution in [0.25, 0.3) is 0 Å². The zero-order chi connectivity index (χ0) is 9.97. The van der Waals surface area contributed by atoms with Gasteiger partial charge in [0, 0.05) is 22.6 Å². The number of hydrogen-bond acceptors (Lipinski definition) is 2. The molecule has 0 saturated heterocycles. The molecule has 1 aromatic carbocycles. The molecular weight excluding hydrogens is 289 g/mol. The maximum absolute atomic E-state index is 4.24. The van der Waals surface area contributed by atoms with Gasteiger partial charge in [-0.15, -0.1) is 5.10 Å². The topological polar surface area (TPSA) is 30.7 Å². The van der Waals surface area contributed by atoms with Gasteiger partial charge in [0.25, 0.3) is 0 Å². The van der Waals surface area contributed by atoms with E-state index in [1.807, 2.05) is 16.8 Å². The van der Waals surface area contributed by atoms with Crippen LogP contribution in [-0.4, -0.2) is 14.8 Å². The van der Waals surface area contributed by atoms with Crippen LogP contribution in [0.2, 0.25) is 0 Å². The lowest BCUT2D eigenvalue weighted by atomic mass is 10.1. The van der Waals surface area contributed by atoms with E-state index in [0.717, 1.165) is 10.4 Å². The van der Waals surface area contributed by atoms with Crippen molar-refractivity contribution in [3.63, 3.8) is 0 Å². The van der Waals surface area contributed by atoms with Gasteiger partial charge in [-0.1, -0.05) is 24.3 Å². The number of hydrogen-bond donors (Lipinski definition) is 0. The number of halogens is 1. The molecule has 0 spiro atoms. The summed E-state index contributed by atoms with van der Waals surface area (Å²) >= 11 is 2.11. The van der Waals surface area contributed by atoms with E-state index in [4.69, 9.17) is 0 Å². The smallest absolute Gasteiger partial charge is 0.211 e. The van der Waals surface area contributed by atoms with Crippen LogP contribution in [0.3, 0.4) is 0 Å². The number of rotatable bonds is 2. The van der Waals surface area contributed by atoms with Crippen molar-refractivity contribution in [1.82, 2.24) is 14.8 Å². The summed E-state index contributed by atoms with van der Waals surface area (Å²) in [7, 11) is 0. The molecule has 0 bridgehead atoms. The van der Waals surface area contributed by atoms with Crippen molar-refractivity contribution >= 4 is 22.6 Å². The van der Waals surface area contributed by atoms with Crippen LogP contribution in [0.15, 0.2) is 30.6 Å². The first-order chi connectivity index (χ1) is 6.75. The van der Waals surface area contributed by atoms with Crippen LogP contribution < -0.4 is 0 Å². The highest BCUT2D eigenvalue weighted by atomic mass is 127. The first-order valence-corrected chi connectivity index (χ1v) is 5.43. The van der Waals surface area contributed by atoms with Crippen LogP contribution in [0.5, 0.6) is 0 Å². The lowest BCUT2D eigenvalue weighted by Gasteiger charge is -2.04. The van der Waals surface area contributed by atoms with Gasteiger partial charge in [0.05, 0.1) is 6.54 Å². The predicted molar refractivity (Wildman–Crippen MR) is 63.0 cm³/mol. The summed E-state index contributed by atoms with van der Waals surface area (Å²) in [6, 6.07) is 8.31. The van der Waals surface area contributed by atoms with E-state index in [-0.39, 0.29) is 0 Å². The molecule has 2 rings (SSSR count). The van der Waals surface area contributed by atoms with Gasteiger partial charge in [-0.05, 0) is 18.1 Å². The first kappa shape index (κ1) is 9.64. The molecule has 14 heavy (non-hydrogen) atoms. The van der Waals surface area contributed by atoms with Crippen LogP contribution >= 0.6 is 22.6 Å². The minimum atomic E-state index is 0.788. The molecule has 2 aromatic rings. The lowest BCUT2D eigenvalue weighted by Crippen LogP contribution is -2.01. The Morgan fingerprint density at radius 2 is 2.14 bits per heavy atom. The second-order valence-electron chi connectivity index (χ2n) is 3.14. The summed E-state index contributed by atoms with van der Waals surface area (Å²) in [6.07, 6.45) is 1.76. The summed E-state index contributed by atoms with van der Waals surface area (Å²) in [6.45, 7) is 2.90. The Bertz CT molecular complexity index is 436. The highest BCUT2D eigenvalue weighted by molar-refractivity contribution is 14.1. The fraction of sp³-hybridized carbons (Fsp3) is 0.200. The molecule has 0 atom stereocenters. The molecule has 0 amide bonds. The van der Waals surface area contributed by atoms with Gasteiger partial charge in [-0.3, -0.25) is 0 Å². The van der Waals surface area contributed by atoms with Gasteiger partial charge in [0.15, 0.2) is 0 Å². The second kappa shape index (κ2) is 4.08. The third-order valence-corrected chi connectivity index (χ3v) is 2.60. The summed E-state index contributed by atoms with van der Waals surface area (Å²) in [4.78, 5) is 4.08. The van der Waals surface area contributed by atoms with Crippen LogP contribution in [0.4, 0.5) is 0 Å². The molecule has 1 aromatic heterocycles. The molecule has 0 aliphatic rings. The number of aryl methyl sites for hydroxylation is 1. The van der Waals surface area contributed by atoms with Gasteiger partial charge < -0.3 is 0 Å². The van der Waals surface area contributed by atoms with E-state index in [1.54, 1.807) is 6.33 Å². The molecule has 72 valence electrons. The number of aromatic nitrogens is 3. The average molecular weight is 299 g/mol. The van der Waals surface area contributed by atoms with Crippen molar-refractivity contribution in [3.8, 4) is 0 Å². The maximum atomic E-state index is 4.24. The maximum Gasteiger partial charge on any atom is 0.211 e. The first-order valence-electron chi connectivity index (χ1n) is 4.35. The lowest BCUT2D eigenvalue weighted by molar-refractivity contribution is 0.677. The number of benzene rings is 1. The van der Waals surface area contributed by atoms with Crippen molar-refractivity contribution < 1.29 is 0 Å². The Kier molecular flexibility index (Phi) is 2.81. The highest BCUT2D eigenvalue weighted by Crippen LogP contribution is 2.08. The molecule has 0 fully saturated rings. The SMILES string of the molecule is Cc1ccccc1Cn1cnc(I)n1. The van der Waals surface area contributed by atoms with Gasteiger partial charge in [0.2, 0.25) is 3.83 Å². The molecule has 4 heteroatoms. The Labute approximate surface area is 96.3 Å². The summed E-state index contributed by atoms with van der Waals surface area (Å²) in [5, 5.41) is 4.24. The largest absolute Gasteiger partial charge is 0.247 e. The van der Waals surface area contributed by atoms with Gasteiger partial charge in [0.1, 0.15) is 6.33 Å². The fourth-order valence-electron chi connectivity index (χ4n) is 1.31. The summed E-state index contributed by atoms with van der Waals surface area (Å²) in [5.41, 5.74) is 2.58. The number of nitrogens with zero attached hydrogens (tertiary/aromatic N) is 3. The monoisotopic (exact) mass is 299 g/mol. The van der Waals surface area contributed by atoms with Crippen molar-refractivity contribution in [3.05, 3.63) is 45.6 Å². The molecule has 0 unspecified atom stereocenters. The van der Waals surface area contributed by atoms with E-state index in [2.05, 4.69) is 51.7 Å². The van der Waals surface area contributed by atoms with Gasteiger partial charge in [-0.2, -0.15) is 0 Å². The normalized spacial score (nSPS) is 10.4. The predicted octanol–water partition coefficient (Wildman–Crippen LogP) is 2.24. The van der Waals surface area contributed by atoms with E-state index in [0.29, 0.717) is 0 Å². The molecule has 3 nitrogen and oxygen atoms in total. The van der Waals surface area contributed by atoms with Crippen LogP contribution in [-0.2, 0) is 6.54 Å². The molecule has 0 saturated carbocycles. The van der Waals surface area contributed by atoms with Gasteiger partial charge in [-0.25, -0.2) is 9.67 Å². The highest BCUT2D eigenvalue weighted by Gasteiger charge is 2.00. The zero-order valence-corrected chi connectivity index (χ0v) is 9.97. The Morgan fingerprint density at radius 1 is 1.36 bits per heavy atom. The minimum absolute atomic E-state index is 0.788.